The molecule has 0 aromatic heterocycles. The molecule has 0 amide bonds. The Kier molecular flexibility index (Phi) is 4.57. The van der Waals surface area contributed by atoms with Gasteiger partial charge in [0.15, 0.2) is 0 Å². The third-order valence-electron chi connectivity index (χ3n) is 3.00. The van der Waals surface area contributed by atoms with Crippen LogP contribution in [0.25, 0.3) is 0 Å². The SMILES string of the molecule is OC[C@@H](c1cccc(I)c1)N1CCNCC1. The van der Waals surface area contributed by atoms with Crippen molar-refractivity contribution in [2.24, 2.45) is 0 Å². The Morgan fingerprint density at radius 2 is 2.12 bits per heavy atom. The predicted molar refractivity (Wildman–Crippen MR) is 73.4 cm³/mol. The molecule has 0 radical (unpaired) electrons. The molecule has 1 saturated heterocycles. The number of aliphatic hydroxyl groups is 1. The molecule has 0 bridgehead atoms. The van der Waals surface area contributed by atoms with Crippen LogP contribution < -0.4 is 5.32 Å². The maximum absolute atomic E-state index is 9.56. The molecule has 1 heterocycles. The normalized spacial score (nSPS) is 19.6. The Bertz CT molecular complexity index is 340. The number of aliphatic hydroxyl groups excluding tert-OH is 1. The Labute approximate surface area is 110 Å². The second kappa shape index (κ2) is 5.95. The van der Waals surface area contributed by atoms with Gasteiger partial charge in [-0.25, -0.2) is 0 Å². The molecule has 3 nitrogen and oxygen atoms in total. The monoisotopic (exact) mass is 332 g/mol. The summed E-state index contributed by atoms with van der Waals surface area (Å²) in [6, 6.07) is 8.55. The molecule has 88 valence electrons. The van der Waals surface area contributed by atoms with Crippen LogP contribution in [0.3, 0.4) is 0 Å². The quantitative estimate of drug-likeness (QED) is 0.818. The van der Waals surface area contributed by atoms with E-state index < -0.39 is 0 Å². The van der Waals surface area contributed by atoms with Crippen LogP contribution in [-0.4, -0.2) is 42.8 Å². The fourth-order valence-electron chi connectivity index (χ4n) is 2.14. The second-order valence-electron chi connectivity index (χ2n) is 4.04. The largest absolute Gasteiger partial charge is 0.394 e. The van der Waals surface area contributed by atoms with Crippen molar-refractivity contribution in [3.05, 3.63) is 33.4 Å². The van der Waals surface area contributed by atoms with E-state index in [2.05, 4.69) is 57.1 Å². The highest BCUT2D eigenvalue weighted by Gasteiger charge is 2.21. The van der Waals surface area contributed by atoms with Crippen LogP contribution in [0, 0.1) is 3.57 Å². The number of nitrogens with zero attached hydrogens (tertiary/aromatic N) is 1. The van der Waals surface area contributed by atoms with E-state index in [-0.39, 0.29) is 12.6 Å². The van der Waals surface area contributed by atoms with Crippen molar-refractivity contribution in [3.8, 4) is 0 Å². The molecule has 1 aromatic carbocycles. The summed E-state index contributed by atoms with van der Waals surface area (Å²) in [5, 5.41) is 12.9. The summed E-state index contributed by atoms with van der Waals surface area (Å²) in [6.07, 6.45) is 0. The first-order valence-corrected chi connectivity index (χ1v) is 6.70. The van der Waals surface area contributed by atoms with Crippen molar-refractivity contribution >= 4 is 22.6 Å². The Morgan fingerprint density at radius 1 is 1.38 bits per heavy atom. The van der Waals surface area contributed by atoms with Crippen molar-refractivity contribution in [1.82, 2.24) is 10.2 Å². The van der Waals surface area contributed by atoms with E-state index in [9.17, 15) is 5.11 Å². The van der Waals surface area contributed by atoms with Gasteiger partial charge in [-0.3, -0.25) is 4.90 Å². The molecule has 2 N–H and O–H groups in total. The van der Waals surface area contributed by atoms with Crippen LogP contribution in [0.4, 0.5) is 0 Å². The number of nitrogens with one attached hydrogen (secondary N) is 1. The Morgan fingerprint density at radius 3 is 2.75 bits per heavy atom. The van der Waals surface area contributed by atoms with Crippen LogP contribution in [0.15, 0.2) is 24.3 Å². The first-order chi connectivity index (χ1) is 7.81. The fraction of sp³-hybridized carbons (Fsp3) is 0.500. The maximum atomic E-state index is 9.56. The van der Waals surface area contributed by atoms with Gasteiger partial charge in [-0.05, 0) is 40.3 Å². The molecule has 4 heteroatoms. The lowest BCUT2D eigenvalue weighted by molar-refractivity contribution is 0.111. The molecule has 1 atom stereocenters. The number of rotatable bonds is 3. The van der Waals surface area contributed by atoms with Gasteiger partial charge in [-0.1, -0.05) is 12.1 Å². The molecule has 1 aliphatic rings. The number of hydrogen-bond donors (Lipinski definition) is 2. The molecule has 1 aliphatic heterocycles. The van der Waals surface area contributed by atoms with Crippen LogP contribution in [0.5, 0.6) is 0 Å². The minimum atomic E-state index is 0.150. The molecule has 0 saturated carbocycles. The number of piperazine rings is 1. The minimum Gasteiger partial charge on any atom is -0.394 e. The zero-order valence-electron chi connectivity index (χ0n) is 9.19. The van der Waals surface area contributed by atoms with Crippen molar-refractivity contribution in [3.63, 3.8) is 0 Å². The summed E-state index contributed by atoms with van der Waals surface area (Å²) in [5.41, 5.74) is 1.22. The average molecular weight is 332 g/mol. The molecule has 0 unspecified atom stereocenters. The Balaban J connectivity index is 2.14. The average Bonchev–Trinajstić information content (AvgIpc) is 2.31. The highest BCUT2D eigenvalue weighted by atomic mass is 127. The highest BCUT2D eigenvalue weighted by Crippen LogP contribution is 2.22. The molecule has 2 rings (SSSR count). The number of benzene rings is 1. The van der Waals surface area contributed by atoms with Crippen LogP contribution in [0.2, 0.25) is 0 Å². The van der Waals surface area contributed by atoms with Gasteiger partial charge in [-0.2, -0.15) is 0 Å². The van der Waals surface area contributed by atoms with Crippen molar-refractivity contribution in [1.29, 1.82) is 0 Å². The molecule has 0 spiro atoms. The third kappa shape index (κ3) is 2.94. The van der Waals surface area contributed by atoms with Gasteiger partial charge in [0.25, 0.3) is 0 Å². The van der Waals surface area contributed by atoms with Crippen LogP contribution >= 0.6 is 22.6 Å². The zero-order valence-corrected chi connectivity index (χ0v) is 11.4. The smallest absolute Gasteiger partial charge is 0.0628 e. The van der Waals surface area contributed by atoms with Gasteiger partial charge in [0, 0.05) is 29.7 Å². The van der Waals surface area contributed by atoms with Gasteiger partial charge in [0.1, 0.15) is 0 Å². The van der Waals surface area contributed by atoms with Gasteiger partial charge in [0.05, 0.1) is 12.6 Å². The summed E-state index contributed by atoms with van der Waals surface area (Å²) in [5.74, 6) is 0. The predicted octanol–water partition coefficient (Wildman–Crippen LogP) is 1.23. The van der Waals surface area contributed by atoms with E-state index in [1.807, 2.05) is 0 Å². The first kappa shape index (κ1) is 12.3. The zero-order chi connectivity index (χ0) is 11.4. The van der Waals surface area contributed by atoms with E-state index in [1.165, 1.54) is 9.13 Å². The molecule has 16 heavy (non-hydrogen) atoms. The summed E-state index contributed by atoms with van der Waals surface area (Å²) < 4.78 is 1.23. The van der Waals surface area contributed by atoms with Gasteiger partial charge < -0.3 is 10.4 Å². The van der Waals surface area contributed by atoms with Crippen LogP contribution in [0.1, 0.15) is 11.6 Å². The van der Waals surface area contributed by atoms with Gasteiger partial charge in [0.2, 0.25) is 0 Å². The van der Waals surface area contributed by atoms with Crippen LogP contribution in [-0.2, 0) is 0 Å². The topological polar surface area (TPSA) is 35.5 Å². The summed E-state index contributed by atoms with van der Waals surface area (Å²) in [6.45, 7) is 4.24. The summed E-state index contributed by atoms with van der Waals surface area (Å²) in [7, 11) is 0. The molecule has 0 aliphatic carbocycles. The first-order valence-electron chi connectivity index (χ1n) is 5.62. The lowest BCUT2D eigenvalue weighted by Crippen LogP contribution is -2.46. The molecular formula is C12H17IN2O. The molecule has 1 fully saturated rings. The van der Waals surface area contributed by atoms with Crippen molar-refractivity contribution in [2.75, 3.05) is 32.8 Å². The molecular weight excluding hydrogens is 315 g/mol. The minimum absolute atomic E-state index is 0.150. The second-order valence-corrected chi connectivity index (χ2v) is 5.28. The summed E-state index contributed by atoms with van der Waals surface area (Å²) >= 11 is 2.31. The van der Waals surface area contributed by atoms with Crippen molar-refractivity contribution < 1.29 is 5.11 Å². The van der Waals surface area contributed by atoms with Gasteiger partial charge in [-0.15, -0.1) is 0 Å². The third-order valence-corrected chi connectivity index (χ3v) is 3.67. The fourth-order valence-corrected chi connectivity index (χ4v) is 2.71. The van der Waals surface area contributed by atoms with E-state index in [4.69, 9.17) is 0 Å². The van der Waals surface area contributed by atoms with E-state index >= 15 is 0 Å². The lowest BCUT2D eigenvalue weighted by Gasteiger charge is -2.34. The number of halogens is 1. The lowest BCUT2D eigenvalue weighted by atomic mass is 10.1. The highest BCUT2D eigenvalue weighted by molar-refractivity contribution is 14.1. The molecule has 1 aromatic rings. The Hall–Kier alpha value is -0.170. The standard InChI is InChI=1S/C12H17IN2O/c13-11-3-1-2-10(8-11)12(9-16)15-6-4-14-5-7-15/h1-3,8,12,14,16H,4-7,9H2/t12-/m0/s1. The summed E-state index contributed by atoms with van der Waals surface area (Å²) in [4.78, 5) is 2.35. The van der Waals surface area contributed by atoms with Crippen molar-refractivity contribution in [2.45, 2.75) is 6.04 Å². The van der Waals surface area contributed by atoms with E-state index in [0.29, 0.717) is 0 Å². The van der Waals surface area contributed by atoms with Gasteiger partial charge >= 0.3 is 0 Å². The number of hydrogen-bond acceptors (Lipinski definition) is 3. The van der Waals surface area contributed by atoms with E-state index in [0.717, 1.165) is 26.2 Å². The van der Waals surface area contributed by atoms with E-state index in [1.54, 1.807) is 0 Å². The maximum Gasteiger partial charge on any atom is 0.0628 e.